The maximum Gasteiger partial charge on any atom is 0.407 e. The molecule has 0 atom stereocenters. The van der Waals surface area contributed by atoms with Crippen molar-refractivity contribution in [2.45, 2.75) is 26.4 Å². The number of amides is 1. The molecule has 0 bridgehead atoms. The van der Waals surface area contributed by atoms with E-state index in [1.54, 1.807) is 24.5 Å². The normalized spacial score (nSPS) is 11.4. The average Bonchev–Trinajstić information content (AvgIpc) is 2.33. The van der Waals surface area contributed by atoms with Crippen LogP contribution in [0.15, 0.2) is 18.5 Å². The number of nitrogens with zero attached hydrogens (tertiary/aromatic N) is 2. The highest BCUT2D eigenvalue weighted by Crippen LogP contribution is 2.06. The summed E-state index contributed by atoms with van der Waals surface area (Å²) in [6.07, 6.45) is 6.42. The fraction of sp³-hybridized carbons (Fsp3) is 0.462. The second-order valence-corrected chi connectivity index (χ2v) is 4.79. The fourth-order valence-electron chi connectivity index (χ4n) is 1.17. The van der Waals surface area contributed by atoms with Gasteiger partial charge in [0.2, 0.25) is 0 Å². The maximum absolute atomic E-state index is 11.3. The van der Waals surface area contributed by atoms with Crippen LogP contribution in [-0.2, 0) is 4.74 Å². The minimum atomic E-state index is -0.488. The SMILES string of the molecule is COc1ncc(C=CCNC(=O)OC(C)(C)C)cn1. The fourth-order valence-corrected chi connectivity index (χ4v) is 1.17. The number of methoxy groups -OCH3 is 1. The van der Waals surface area contributed by atoms with Gasteiger partial charge in [-0.15, -0.1) is 0 Å². The molecule has 1 aromatic rings. The summed E-state index contributed by atoms with van der Waals surface area (Å²) < 4.78 is 9.95. The van der Waals surface area contributed by atoms with Gasteiger partial charge in [-0.25, -0.2) is 14.8 Å². The van der Waals surface area contributed by atoms with E-state index < -0.39 is 11.7 Å². The zero-order valence-electron chi connectivity index (χ0n) is 11.6. The summed E-state index contributed by atoms with van der Waals surface area (Å²) in [7, 11) is 1.51. The van der Waals surface area contributed by atoms with E-state index in [1.807, 2.05) is 20.8 Å². The van der Waals surface area contributed by atoms with E-state index >= 15 is 0 Å². The Balaban J connectivity index is 2.35. The van der Waals surface area contributed by atoms with Gasteiger partial charge in [-0.1, -0.05) is 12.2 Å². The van der Waals surface area contributed by atoms with Crippen LogP contribution in [0.3, 0.4) is 0 Å². The molecule has 0 aliphatic rings. The molecule has 0 radical (unpaired) electrons. The van der Waals surface area contributed by atoms with Crippen molar-refractivity contribution in [1.29, 1.82) is 0 Å². The molecule has 0 unspecified atom stereocenters. The molecule has 1 aromatic heterocycles. The van der Waals surface area contributed by atoms with E-state index in [1.165, 1.54) is 7.11 Å². The molecule has 0 fully saturated rings. The molecule has 0 saturated heterocycles. The maximum atomic E-state index is 11.3. The summed E-state index contributed by atoms with van der Waals surface area (Å²) in [5, 5.41) is 2.62. The van der Waals surface area contributed by atoms with Gasteiger partial charge in [-0.05, 0) is 20.8 Å². The van der Waals surface area contributed by atoms with E-state index in [2.05, 4.69) is 15.3 Å². The number of aromatic nitrogens is 2. The van der Waals surface area contributed by atoms with Crippen molar-refractivity contribution >= 4 is 12.2 Å². The van der Waals surface area contributed by atoms with Gasteiger partial charge in [0.15, 0.2) is 0 Å². The molecule has 0 aromatic carbocycles. The highest BCUT2D eigenvalue weighted by Gasteiger charge is 2.14. The van der Waals surface area contributed by atoms with E-state index in [9.17, 15) is 4.79 Å². The van der Waals surface area contributed by atoms with Gasteiger partial charge in [0.05, 0.1) is 7.11 Å². The minimum Gasteiger partial charge on any atom is -0.467 e. The number of carbonyl (C=O) groups excluding carboxylic acids is 1. The standard InChI is InChI=1S/C13H19N3O3/c1-13(2,3)19-12(17)14-7-5-6-10-8-15-11(18-4)16-9-10/h5-6,8-9H,7H2,1-4H3,(H,14,17). The summed E-state index contributed by atoms with van der Waals surface area (Å²) in [4.78, 5) is 19.3. The van der Waals surface area contributed by atoms with Crippen LogP contribution in [0, 0.1) is 0 Å². The Morgan fingerprint density at radius 3 is 2.53 bits per heavy atom. The number of nitrogens with one attached hydrogen (secondary N) is 1. The Morgan fingerprint density at radius 2 is 2.00 bits per heavy atom. The van der Waals surface area contributed by atoms with Crippen molar-refractivity contribution in [2.24, 2.45) is 0 Å². The number of hydrogen-bond acceptors (Lipinski definition) is 5. The van der Waals surface area contributed by atoms with E-state index in [0.717, 1.165) is 5.56 Å². The molecule has 0 aliphatic carbocycles. The van der Waals surface area contributed by atoms with E-state index in [4.69, 9.17) is 9.47 Å². The Kier molecular flexibility index (Phi) is 5.29. The largest absolute Gasteiger partial charge is 0.467 e. The molecule has 104 valence electrons. The van der Waals surface area contributed by atoms with Gasteiger partial charge >= 0.3 is 12.1 Å². The van der Waals surface area contributed by atoms with Crippen molar-refractivity contribution in [3.05, 3.63) is 24.0 Å². The predicted octanol–water partition coefficient (Wildman–Crippen LogP) is 2.02. The molecular formula is C13H19N3O3. The summed E-state index contributed by atoms with van der Waals surface area (Å²) in [6.45, 7) is 5.83. The second kappa shape index (κ2) is 6.72. The summed E-state index contributed by atoms with van der Waals surface area (Å²) in [5.74, 6) is 0. The van der Waals surface area contributed by atoms with Crippen molar-refractivity contribution in [1.82, 2.24) is 15.3 Å². The van der Waals surface area contributed by atoms with Crippen molar-refractivity contribution in [3.8, 4) is 6.01 Å². The first-order valence-corrected chi connectivity index (χ1v) is 5.90. The topological polar surface area (TPSA) is 73.3 Å². The third-order valence-electron chi connectivity index (χ3n) is 1.90. The van der Waals surface area contributed by atoms with Crippen LogP contribution in [-0.4, -0.2) is 35.3 Å². The minimum absolute atomic E-state index is 0.323. The van der Waals surface area contributed by atoms with Gasteiger partial charge in [0.1, 0.15) is 5.60 Å². The third-order valence-corrected chi connectivity index (χ3v) is 1.90. The van der Waals surface area contributed by atoms with Gasteiger partial charge < -0.3 is 14.8 Å². The van der Waals surface area contributed by atoms with Crippen molar-refractivity contribution in [2.75, 3.05) is 13.7 Å². The first kappa shape index (κ1) is 14.9. The molecular weight excluding hydrogens is 246 g/mol. The van der Waals surface area contributed by atoms with Gasteiger partial charge in [-0.3, -0.25) is 0 Å². The Hall–Kier alpha value is -2.11. The van der Waals surface area contributed by atoms with Crippen LogP contribution >= 0.6 is 0 Å². The highest BCUT2D eigenvalue weighted by atomic mass is 16.6. The lowest BCUT2D eigenvalue weighted by Gasteiger charge is -2.19. The average molecular weight is 265 g/mol. The van der Waals surface area contributed by atoms with Gasteiger partial charge in [-0.2, -0.15) is 0 Å². The van der Waals surface area contributed by atoms with Gasteiger partial charge in [0, 0.05) is 24.5 Å². The second-order valence-electron chi connectivity index (χ2n) is 4.79. The predicted molar refractivity (Wildman–Crippen MR) is 71.9 cm³/mol. The zero-order chi connectivity index (χ0) is 14.3. The van der Waals surface area contributed by atoms with E-state index in [-0.39, 0.29) is 0 Å². The highest BCUT2D eigenvalue weighted by molar-refractivity contribution is 5.68. The molecule has 1 N–H and O–H groups in total. The van der Waals surface area contributed by atoms with Crippen LogP contribution < -0.4 is 10.1 Å². The quantitative estimate of drug-likeness (QED) is 0.901. The van der Waals surface area contributed by atoms with Crippen LogP contribution in [0.5, 0.6) is 6.01 Å². The van der Waals surface area contributed by atoms with E-state index in [0.29, 0.717) is 12.6 Å². The summed E-state index contributed by atoms with van der Waals surface area (Å²) in [6, 6.07) is 0.323. The molecule has 0 aliphatic heterocycles. The first-order chi connectivity index (χ1) is 8.90. The van der Waals surface area contributed by atoms with Crippen LogP contribution in [0.4, 0.5) is 4.79 Å². The molecule has 1 rings (SSSR count). The number of alkyl carbamates (subject to hydrolysis) is 1. The lowest BCUT2D eigenvalue weighted by Crippen LogP contribution is -2.32. The van der Waals surface area contributed by atoms with Gasteiger partial charge in [0.25, 0.3) is 0 Å². The monoisotopic (exact) mass is 265 g/mol. The first-order valence-electron chi connectivity index (χ1n) is 5.90. The molecule has 19 heavy (non-hydrogen) atoms. The molecule has 0 saturated carbocycles. The summed E-state index contributed by atoms with van der Waals surface area (Å²) in [5.41, 5.74) is 0.337. The Morgan fingerprint density at radius 1 is 1.37 bits per heavy atom. The van der Waals surface area contributed by atoms with Crippen molar-refractivity contribution < 1.29 is 14.3 Å². The molecule has 1 heterocycles. The Bertz CT molecular complexity index is 435. The number of ether oxygens (including phenoxy) is 2. The van der Waals surface area contributed by atoms with Crippen molar-refractivity contribution in [3.63, 3.8) is 0 Å². The number of hydrogen-bond donors (Lipinski definition) is 1. The zero-order valence-corrected chi connectivity index (χ0v) is 11.6. The molecule has 6 nitrogen and oxygen atoms in total. The van der Waals surface area contributed by atoms with Crippen LogP contribution in [0.2, 0.25) is 0 Å². The Labute approximate surface area is 112 Å². The molecule has 6 heteroatoms. The molecule has 0 spiro atoms. The van der Waals surface area contributed by atoms with Crippen LogP contribution in [0.25, 0.3) is 6.08 Å². The third kappa shape index (κ3) is 6.40. The lowest BCUT2D eigenvalue weighted by molar-refractivity contribution is 0.0534. The van der Waals surface area contributed by atoms with Crippen LogP contribution in [0.1, 0.15) is 26.3 Å². The number of carbonyl (C=O) groups is 1. The lowest BCUT2D eigenvalue weighted by atomic mass is 10.2. The number of rotatable bonds is 4. The molecule has 1 amide bonds. The summed E-state index contributed by atoms with van der Waals surface area (Å²) >= 11 is 0. The smallest absolute Gasteiger partial charge is 0.407 e.